The van der Waals surface area contributed by atoms with Crippen molar-refractivity contribution < 1.29 is 4.39 Å². The van der Waals surface area contributed by atoms with E-state index in [1.165, 1.54) is 6.20 Å². The maximum Gasteiger partial charge on any atom is 0.214 e. The quantitative estimate of drug-likeness (QED) is 0.600. The lowest BCUT2D eigenvalue weighted by Crippen LogP contribution is -1.79. The first kappa shape index (κ1) is 6.96. The van der Waals surface area contributed by atoms with E-state index in [1.807, 2.05) is 0 Å². The highest BCUT2D eigenvalue weighted by Crippen LogP contribution is 2.20. The number of hydrogen-bond donors (Lipinski definition) is 0. The molecule has 0 saturated carbocycles. The number of hydrogen-bond acceptors (Lipinski definition) is 1. The van der Waals surface area contributed by atoms with Crippen LogP contribution in [-0.2, 0) is 0 Å². The van der Waals surface area contributed by atoms with E-state index in [2.05, 4.69) is 20.9 Å². The molecule has 0 aliphatic rings. The van der Waals surface area contributed by atoms with Gasteiger partial charge in [-0.3, -0.25) is 0 Å². The molecule has 0 aromatic carbocycles. The molecule has 0 amide bonds. The molecule has 0 bridgehead atoms. The van der Waals surface area contributed by atoms with Gasteiger partial charge in [0, 0.05) is 12.3 Å². The van der Waals surface area contributed by atoms with E-state index in [-0.39, 0.29) is 0 Å². The summed E-state index contributed by atoms with van der Waals surface area (Å²) in [6, 6.07) is 1.14. The van der Waals surface area contributed by atoms with E-state index in [4.69, 9.17) is 11.6 Å². The van der Waals surface area contributed by atoms with Gasteiger partial charge in [-0.05, 0) is 15.9 Å². The SMILES string of the molecule is Fc1cc(Cl)c(Br)cn1. The van der Waals surface area contributed by atoms with Gasteiger partial charge in [0.15, 0.2) is 0 Å². The molecule has 48 valence electrons. The van der Waals surface area contributed by atoms with Crippen molar-refractivity contribution in [1.82, 2.24) is 4.98 Å². The summed E-state index contributed by atoms with van der Waals surface area (Å²) < 4.78 is 12.7. The molecule has 4 heteroatoms. The highest BCUT2D eigenvalue weighted by atomic mass is 79.9. The first-order valence-electron chi connectivity index (χ1n) is 2.16. The maximum atomic E-state index is 12.1. The lowest BCUT2D eigenvalue weighted by molar-refractivity contribution is 0.583. The normalized spacial score (nSPS) is 9.67. The zero-order chi connectivity index (χ0) is 6.85. The third-order valence-electron chi connectivity index (χ3n) is 0.775. The van der Waals surface area contributed by atoms with Gasteiger partial charge in [0.25, 0.3) is 0 Å². The fourth-order valence-corrected chi connectivity index (χ4v) is 0.746. The lowest BCUT2D eigenvalue weighted by atomic mass is 10.5. The van der Waals surface area contributed by atoms with Gasteiger partial charge in [-0.2, -0.15) is 4.39 Å². The van der Waals surface area contributed by atoms with Crippen LogP contribution in [0.3, 0.4) is 0 Å². The highest BCUT2D eigenvalue weighted by molar-refractivity contribution is 9.10. The molecule has 1 aromatic heterocycles. The number of nitrogens with zero attached hydrogens (tertiary/aromatic N) is 1. The van der Waals surface area contributed by atoms with Gasteiger partial charge in [-0.25, -0.2) is 4.98 Å². The maximum absolute atomic E-state index is 12.1. The average Bonchev–Trinajstić information content (AvgIpc) is 1.80. The van der Waals surface area contributed by atoms with Crippen LogP contribution in [0.1, 0.15) is 0 Å². The van der Waals surface area contributed by atoms with Crippen LogP contribution in [0.5, 0.6) is 0 Å². The van der Waals surface area contributed by atoms with Crippen molar-refractivity contribution >= 4 is 27.5 Å². The molecular weight excluding hydrogens is 208 g/mol. The molecule has 0 fully saturated rings. The standard InChI is InChI=1S/C5H2BrClFN/c6-3-2-9-5(8)1-4(3)7/h1-2H. The van der Waals surface area contributed by atoms with Crippen LogP contribution >= 0.6 is 27.5 Å². The van der Waals surface area contributed by atoms with Crippen molar-refractivity contribution in [2.75, 3.05) is 0 Å². The van der Waals surface area contributed by atoms with Crippen molar-refractivity contribution in [3.8, 4) is 0 Å². The van der Waals surface area contributed by atoms with Gasteiger partial charge in [0.1, 0.15) is 0 Å². The summed E-state index contributed by atoms with van der Waals surface area (Å²) in [6.45, 7) is 0. The molecule has 0 spiro atoms. The molecule has 0 radical (unpaired) electrons. The average molecular weight is 210 g/mol. The van der Waals surface area contributed by atoms with E-state index in [1.54, 1.807) is 0 Å². The first-order valence-corrected chi connectivity index (χ1v) is 3.34. The van der Waals surface area contributed by atoms with Gasteiger partial charge in [-0.15, -0.1) is 0 Å². The minimum Gasteiger partial charge on any atom is -0.227 e. The summed E-state index contributed by atoms with van der Waals surface area (Å²) >= 11 is 8.56. The molecule has 0 N–H and O–H groups in total. The minimum absolute atomic E-state index is 0.336. The number of aromatic nitrogens is 1. The predicted molar refractivity (Wildman–Crippen MR) is 36.9 cm³/mol. The van der Waals surface area contributed by atoms with Crippen molar-refractivity contribution in [2.45, 2.75) is 0 Å². The zero-order valence-corrected chi connectivity index (χ0v) is 6.58. The predicted octanol–water partition coefficient (Wildman–Crippen LogP) is 2.64. The van der Waals surface area contributed by atoms with Crippen LogP contribution in [0.15, 0.2) is 16.7 Å². The van der Waals surface area contributed by atoms with Crippen molar-refractivity contribution in [3.05, 3.63) is 27.7 Å². The van der Waals surface area contributed by atoms with Gasteiger partial charge in [0.2, 0.25) is 5.95 Å². The molecule has 1 aromatic rings. The van der Waals surface area contributed by atoms with Crippen LogP contribution in [0, 0.1) is 5.95 Å². The summed E-state index contributed by atoms with van der Waals surface area (Å²) in [5.41, 5.74) is 0. The second-order valence-electron chi connectivity index (χ2n) is 1.42. The fraction of sp³-hybridized carbons (Fsp3) is 0. The second kappa shape index (κ2) is 2.62. The summed E-state index contributed by atoms with van der Waals surface area (Å²) in [5.74, 6) is -0.566. The van der Waals surface area contributed by atoms with Crippen LogP contribution < -0.4 is 0 Å². The van der Waals surface area contributed by atoms with E-state index in [9.17, 15) is 4.39 Å². The van der Waals surface area contributed by atoms with Gasteiger partial charge in [-0.1, -0.05) is 11.6 Å². The Hall–Kier alpha value is -0.150. The van der Waals surface area contributed by atoms with Gasteiger partial charge < -0.3 is 0 Å². The summed E-state index contributed by atoms with van der Waals surface area (Å²) in [6.07, 6.45) is 1.32. The Bertz CT molecular complexity index is 228. The Labute approximate surface area is 65.0 Å². The Balaban J connectivity index is 3.17. The van der Waals surface area contributed by atoms with E-state index >= 15 is 0 Å². The van der Waals surface area contributed by atoms with Crippen molar-refractivity contribution in [3.63, 3.8) is 0 Å². The van der Waals surface area contributed by atoms with Crippen LogP contribution in [0.2, 0.25) is 5.02 Å². The topological polar surface area (TPSA) is 12.9 Å². The number of pyridine rings is 1. The Morgan fingerprint density at radius 3 is 2.78 bits per heavy atom. The third-order valence-corrected chi connectivity index (χ3v) is 1.95. The zero-order valence-electron chi connectivity index (χ0n) is 4.24. The van der Waals surface area contributed by atoms with Crippen molar-refractivity contribution in [1.29, 1.82) is 0 Å². The Kier molecular flexibility index (Phi) is 2.03. The highest BCUT2D eigenvalue weighted by Gasteiger charge is 1.97. The molecule has 9 heavy (non-hydrogen) atoms. The first-order chi connectivity index (χ1) is 4.20. The molecule has 0 atom stereocenters. The monoisotopic (exact) mass is 209 g/mol. The van der Waals surface area contributed by atoms with Crippen LogP contribution in [-0.4, -0.2) is 4.98 Å². The summed E-state index contributed by atoms with van der Waals surface area (Å²) in [7, 11) is 0. The van der Waals surface area contributed by atoms with Crippen LogP contribution in [0.4, 0.5) is 4.39 Å². The fourth-order valence-electron chi connectivity index (χ4n) is 0.391. The van der Waals surface area contributed by atoms with E-state index in [0.717, 1.165) is 6.07 Å². The minimum atomic E-state index is -0.566. The third kappa shape index (κ3) is 1.63. The molecule has 1 nitrogen and oxygen atoms in total. The van der Waals surface area contributed by atoms with Gasteiger partial charge in [0.05, 0.1) is 9.50 Å². The summed E-state index contributed by atoms with van der Waals surface area (Å²) in [5, 5.41) is 0.336. The van der Waals surface area contributed by atoms with E-state index < -0.39 is 5.95 Å². The molecule has 1 heterocycles. The smallest absolute Gasteiger partial charge is 0.214 e. The summed E-state index contributed by atoms with van der Waals surface area (Å²) in [4.78, 5) is 3.34. The molecular formula is C5H2BrClFN. The van der Waals surface area contributed by atoms with Crippen LogP contribution in [0.25, 0.3) is 0 Å². The Morgan fingerprint density at radius 2 is 2.33 bits per heavy atom. The molecule has 0 saturated heterocycles. The molecule has 0 unspecified atom stereocenters. The van der Waals surface area contributed by atoms with Gasteiger partial charge >= 0.3 is 0 Å². The molecule has 0 aliphatic carbocycles. The van der Waals surface area contributed by atoms with Crippen molar-refractivity contribution in [2.24, 2.45) is 0 Å². The second-order valence-corrected chi connectivity index (χ2v) is 2.68. The number of halogens is 3. The van der Waals surface area contributed by atoms with E-state index in [0.29, 0.717) is 9.50 Å². The molecule has 1 rings (SSSR count). The lowest BCUT2D eigenvalue weighted by Gasteiger charge is -1.91. The number of rotatable bonds is 0. The largest absolute Gasteiger partial charge is 0.227 e. The Morgan fingerprint density at radius 1 is 1.67 bits per heavy atom. The molecule has 0 aliphatic heterocycles.